The molecule has 0 radical (unpaired) electrons. The van der Waals surface area contributed by atoms with Crippen LogP contribution in [0, 0.1) is 23.1 Å². The molecule has 2 aromatic rings. The summed E-state index contributed by atoms with van der Waals surface area (Å²) in [4.78, 5) is 0. The summed E-state index contributed by atoms with van der Waals surface area (Å²) in [5.41, 5.74) is 1.21. The number of benzene rings is 2. The van der Waals surface area contributed by atoms with Gasteiger partial charge in [0.05, 0.1) is 11.5 Å². The van der Waals surface area contributed by atoms with E-state index in [0.29, 0.717) is 23.5 Å². The summed E-state index contributed by atoms with van der Waals surface area (Å²) in [6.45, 7) is 4.09. The summed E-state index contributed by atoms with van der Waals surface area (Å²) in [7, 11) is -3.62. The molecule has 170 valence electrons. The van der Waals surface area contributed by atoms with Gasteiger partial charge in [-0.3, -0.25) is 0 Å². The molecule has 0 unspecified atom stereocenters. The molecule has 0 amide bonds. The minimum Gasteiger partial charge on any atom is -0.212 e. The summed E-state index contributed by atoms with van der Waals surface area (Å²) >= 11 is 0. The molecule has 1 saturated heterocycles. The molecule has 1 aliphatic heterocycles. The molecule has 2 aliphatic rings. The fraction of sp³-hybridized carbons (Fsp3) is 0.500. The first-order valence-electron chi connectivity index (χ1n) is 11.5. The van der Waals surface area contributed by atoms with Gasteiger partial charge >= 0.3 is 0 Å². The van der Waals surface area contributed by atoms with Gasteiger partial charge in [0.15, 0.2) is 0 Å². The van der Waals surface area contributed by atoms with Crippen molar-refractivity contribution >= 4 is 10.0 Å². The molecule has 1 saturated carbocycles. The Labute approximate surface area is 191 Å². The van der Waals surface area contributed by atoms with Crippen LogP contribution in [-0.4, -0.2) is 18.8 Å². The Hall–Kier alpha value is -2.23. The first kappa shape index (κ1) is 22.9. The second-order valence-corrected chi connectivity index (χ2v) is 11.7. The van der Waals surface area contributed by atoms with Crippen LogP contribution in [0.1, 0.15) is 74.3 Å². The van der Waals surface area contributed by atoms with Crippen molar-refractivity contribution in [3.8, 4) is 6.07 Å². The first-order valence-corrected chi connectivity index (χ1v) is 13.0. The molecule has 6 heteroatoms. The maximum Gasteiger partial charge on any atom is 0.221 e. The Kier molecular flexibility index (Phi) is 6.42. The Morgan fingerprint density at radius 2 is 1.75 bits per heavy atom. The summed E-state index contributed by atoms with van der Waals surface area (Å²) in [5.74, 6) is 0.156. The predicted octanol–water partition coefficient (Wildman–Crippen LogP) is 5.85. The van der Waals surface area contributed by atoms with Crippen LogP contribution in [0.4, 0.5) is 4.39 Å². The van der Waals surface area contributed by atoms with Crippen molar-refractivity contribution in [1.29, 1.82) is 5.26 Å². The highest BCUT2D eigenvalue weighted by Gasteiger charge is 2.41. The van der Waals surface area contributed by atoms with Gasteiger partial charge in [0.2, 0.25) is 10.0 Å². The van der Waals surface area contributed by atoms with E-state index < -0.39 is 26.5 Å². The van der Waals surface area contributed by atoms with E-state index in [1.54, 1.807) is 6.07 Å². The average molecular weight is 455 g/mol. The van der Waals surface area contributed by atoms with E-state index >= 15 is 4.39 Å². The zero-order valence-electron chi connectivity index (χ0n) is 18.8. The SMILES string of the molecule is C[C@H]1CC[C@H](c2ccccc2)S(=O)(=O)N1Cc1ccc([C@]2(C#N)CC[C@@H](C)CC2)cc1F. The van der Waals surface area contributed by atoms with Crippen LogP contribution in [0.25, 0.3) is 0 Å². The van der Waals surface area contributed by atoms with Gasteiger partial charge in [-0.25, -0.2) is 12.8 Å². The van der Waals surface area contributed by atoms with Gasteiger partial charge in [0.1, 0.15) is 11.1 Å². The Bertz CT molecular complexity index is 1100. The normalized spacial score (nSPS) is 30.5. The topological polar surface area (TPSA) is 61.2 Å². The fourth-order valence-corrected chi connectivity index (χ4v) is 7.40. The zero-order chi connectivity index (χ0) is 22.9. The average Bonchev–Trinajstić information content (AvgIpc) is 2.79. The van der Waals surface area contributed by atoms with Crippen molar-refractivity contribution in [2.45, 2.75) is 75.6 Å². The fourth-order valence-electron chi connectivity index (χ4n) is 5.21. The molecular weight excluding hydrogens is 423 g/mol. The van der Waals surface area contributed by atoms with Crippen molar-refractivity contribution < 1.29 is 12.8 Å². The van der Waals surface area contributed by atoms with Gasteiger partial charge in [-0.15, -0.1) is 0 Å². The molecule has 4 nitrogen and oxygen atoms in total. The smallest absolute Gasteiger partial charge is 0.212 e. The molecule has 0 aromatic heterocycles. The van der Waals surface area contributed by atoms with Crippen molar-refractivity contribution in [2.24, 2.45) is 5.92 Å². The second kappa shape index (κ2) is 8.96. The number of hydrogen-bond acceptors (Lipinski definition) is 3. The summed E-state index contributed by atoms with van der Waals surface area (Å²) in [6, 6.07) is 16.5. The van der Waals surface area contributed by atoms with E-state index in [0.717, 1.165) is 37.7 Å². The highest BCUT2D eigenvalue weighted by molar-refractivity contribution is 7.89. The zero-order valence-corrected chi connectivity index (χ0v) is 19.6. The number of hydrogen-bond donors (Lipinski definition) is 0. The maximum absolute atomic E-state index is 15.2. The number of rotatable bonds is 4. The van der Waals surface area contributed by atoms with Gasteiger partial charge in [-0.1, -0.05) is 49.4 Å². The van der Waals surface area contributed by atoms with Crippen molar-refractivity contribution in [1.82, 2.24) is 4.31 Å². The van der Waals surface area contributed by atoms with E-state index in [2.05, 4.69) is 13.0 Å². The van der Waals surface area contributed by atoms with Crippen molar-refractivity contribution in [3.63, 3.8) is 0 Å². The molecule has 4 rings (SSSR count). The second-order valence-electron chi connectivity index (χ2n) is 9.60. The van der Waals surface area contributed by atoms with Crippen LogP contribution in [0.3, 0.4) is 0 Å². The third-order valence-electron chi connectivity index (χ3n) is 7.47. The third-order valence-corrected chi connectivity index (χ3v) is 9.84. The lowest BCUT2D eigenvalue weighted by Crippen LogP contribution is -2.44. The van der Waals surface area contributed by atoms with Crippen LogP contribution in [0.2, 0.25) is 0 Å². The Balaban J connectivity index is 1.60. The van der Waals surface area contributed by atoms with Crippen LogP contribution in [-0.2, 0) is 22.0 Å². The lowest BCUT2D eigenvalue weighted by Gasteiger charge is -2.38. The first-order chi connectivity index (χ1) is 15.3. The molecule has 2 atom stereocenters. The highest BCUT2D eigenvalue weighted by atomic mass is 32.2. The Morgan fingerprint density at radius 3 is 2.38 bits per heavy atom. The lowest BCUT2D eigenvalue weighted by molar-refractivity contribution is 0.278. The summed E-state index contributed by atoms with van der Waals surface area (Å²) in [5, 5.41) is 9.28. The number of sulfonamides is 1. The van der Waals surface area contributed by atoms with Crippen LogP contribution < -0.4 is 0 Å². The standard InChI is InChI=1S/C26H31FN2O2S/c1-19-12-14-26(18-28,15-13-19)23-10-9-22(24(27)16-23)17-29-20(2)8-11-25(32(29,30)31)21-6-4-3-5-7-21/h3-7,9-10,16,19-20,25H,8,11-15,17H2,1-2H3/t19-,20-,25+,26-/m0/s1. The van der Waals surface area contributed by atoms with Crippen molar-refractivity contribution in [3.05, 3.63) is 71.0 Å². The highest BCUT2D eigenvalue weighted by Crippen LogP contribution is 2.42. The van der Waals surface area contributed by atoms with E-state index in [1.165, 1.54) is 10.4 Å². The van der Waals surface area contributed by atoms with E-state index in [9.17, 15) is 13.7 Å². The van der Waals surface area contributed by atoms with E-state index in [-0.39, 0.29) is 12.6 Å². The maximum atomic E-state index is 15.2. The minimum atomic E-state index is -3.62. The number of nitriles is 1. The van der Waals surface area contributed by atoms with Gasteiger partial charge in [0.25, 0.3) is 0 Å². The molecule has 2 aromatic carbocycles. The lowest BCUT2D eigenvalue weighted by atomic mass is 9.68. The molecule has 2 fully saturated rings. The van der Waals surface area contributed by atoms with E-state index in [1.807, 2.05) is 43.3 Å². The van der Waals surface area contributed by atoms with Gasteiger partial charge < -0.3 is 0 Å². The Morgan fingerprint density at radius 1 is 1.06 bits per heavy atom. The molecule has 1 aliphatic carbocycles. The molecule has 32 heavy (non-hydrogen) atoms. The van der Waals surface area contributed by atoms with E-state index in [4.69, 9.17) is 0 Å². The molecule has 0 bridgehead atoms. The van der Waals surface area contributed by atoms with Crippen LogP contribution in [0.5, 0.6) is 0 Å². The molecule has 0 spiro atoms. The molecular formula is C26H31FN2O2S. The largest absolute Gasteiger partial charge is 0.221 e. The van der Waals surface area contributed by atoms with Crippen molar-refractivity contribution in [2.75, 3.05) is 0 Å². The summed E-state index contributed by atoms with van der Waals surface area (Å²) in [6.07, 6.45) is 4.69. The number of nitrogens with zero attached hydrogens (tertiary/aromatic N) is 2. The van der Waals surface area contributed by atoms with Gasteiger partial charge in [-0.05, 0) is 68.6 Å². The minimum absolute atomic E-state index is 0.00946. The predicted molar refractivity (Wildman–Crippen MR) is 124 cm³/mol. The quantitative estimate of drug-likeness (QED) is 0.582. The van der Waals surface area contributed by atoms with Crippen LogP contribution in [0.15, 0.2) is 48.5 Å². The summed E-state index contributed by atoms with van der Waals surface area (Å²) < 4.78 is 43.5. The van der Waals surface area contributed by atoms with Crippen LogP contribution >= 0.6 is 0 Å². The monoisotopic (exact) mass is 454 g/mol. The number of halogens is 1. The molecule has 1 heterocycles. The third kappa shape index (κ3) is 4.21. The van der Waals surface area contributed by atoms with Gasteiger partial charge in [-0.2, -0.15) is 9.57 Å². The molecule has 0 N–H and O–H groups in total. The van der Waals surface area contributed by atoms with Gasteiger partial charge in [0, 0.05) is 18.2 Å².